The van der Waals surface area contributed by atoms with Crippen molar-refractivity contribution in [3.8, 4) is 11.5 Å². The lowest BCUT2D eigenvalue weighted by molar-refractivity contribution is -0.123. The second-order valence-electron chi connectivity index (χ2n) is 6.72. The van der Waals surface area contributed by atoms with Crippen LogP contribution < -0.4 is 14.9 Å². The number of hydrogen-bond donors (Lipinski definition) is 1. The summed E-state index contributed by atoms with van der Waals surface area (Å²) >= 11 is 0. The van der Waals surface area contributed by atoms with Crippen molar-refractivity contribution in [3.05, 3.63) is 95.1 Å². The number of aryl methyl sites for hydroxylation is 2. The van der Waals surface area contributed by atoms with E-state index in [2.05, 4.69) is 16.6 Å². The average molecular weight is 388 g/mol. The van der Waals surface area contributed by atoms with Gasteiger partial charge in [0.25, 0.3) is 5.91 Å². The highest BCUT2D eigenvalue weighted by atomic mass is 16.5. The Labute approximate surface area is 171 Å². The fraction of sp³-hybridized carbons (Fsp3) is 0.167. The van der Waals surface area contributed by atoms with Crippen LogP contribution in [0.5, 0.6) is 11.5 Å². The van der Waals surface area contributed by atoms with Crippen molar-refractivity contribution in [2.24, 2.45) is 5.10 Å². The fourth-order valence-corrected chi connectivity index (χ4v) is 2.83. The zero-order valence-electron chi connectivity index (χ0n) is 16.6. The number of para-hydroxylation sites is 1. The lowest BCUT2D eigenvalue weighted by atomic mass is 10.1. The molecule has 3 rings (SSSR count). The molecule has 0 saturated carbocycles. The first-order valence-corrected chi connectivity index (χ1v) is 9.39. The second kappa shape index (κ2) is 10.1. The largest absolute Gasteiger partial charge is 0.488 e. The Morgan fingerprint density at radius 1 is 0.931 bits per heavy atom. The third-order valence-corrected chi connectivity index (χ3v) is 4.11. The molecule has 0 fully saturated rings. The standard InChI is InChI=1S/C24H24N2O3/c1-18-12-19(2)14-22(13-18)28-17-24(27)26-25-15-21-10-6-7-11-23(21)29-16-20-8-4-3-5-9-20/h3-15H,16-17H2,1-2H3,(H,26,27). The maximum absolute atomic E-state index is 12.0. The van der Waals surface area contributed by atoms with Gasteiger partial charge in [0, 0.05) is 5.56 Å². The summed E-state index contributed by atoms with van der Waals surface area (Å²) < 4.78 is 11.4. The zero-order valence-corrected chi connectivity index (χ0v) is 16.6. The molecule has 0 aromatic heterocycles. The van der Waals surface area contributed by atoms with Gasteiger partial charge >= 0.3 is 0 Å². The highest BCUT2D eigenvalue weighted by molar-refractivity contribution is 5.85. The SMILES string of the molecule is Cc1cc(C)cc(OCC(=O)NN=Cc2ccccc2OCc2ccccc2)c1. The van der Waals surface area contributed by atoms with Gasteiger partial charge in [-0.15, -0.1) is 0 Å². The van der Waals surface area contributed by atoms with E-state index in [4.69, 9.17) is 9.47 Å². The van der Waals surface area contributed by atoms with E-state index in [1.807, 2.05) is 80.6 Å². The average Bonchev–Trinajstić information content (AvgIpc) is 2.72. The second-order valence-corrected chi connectivity index (χ2v) is 6.72. The molecule has 0 unspecified atom stereocenters. The summed E-state index contributed by atoms with van der Waals surface area (Å²) in [6.07, 6.45) is 1.56. The minimum Gasteiger partial charge on any atom is -0.488 e. The molecule has 0 bridgehead atoms. The molecule has 29 heavy (non-hydrogen) atoms. The predicted octanol–water partition coefficient (Wildman–Crippen LogP) is 4.41. The summed E-state index contributed by atoms with van der Waals surface area (Å²) in [6.45, 7) is 4.33. The Balaban J connectivity index is 1.52. The molecule has 3 aromatic rings. The number of nitrogens with one attached hydrogen (secondary N) is 1. The van der Waals surface area contributed by atoms with E-state index in [0.717, 1.165) is 22.3 Å². The van der Waals surface area contributed by atoms with Crippen LogP contribution in [0.3, 0.4) is 0 Å². The van der Waals surface area contributed by atoms with Crippen LogP contribution in [0, 0.1) is 13.8 Å². The van der Waals surface area contributed by atoms with Crippen molar-refractivity contribution in [3.63, 3.8) is 0 Å². The molecule has 0 aliphatic heterocycles. The maximum atomic E-state index is 12.0. The van der Waals surface area contributed by atoms with Crippen LogP contribution in [-0.2, 0) is 11.4 Å². The molecule has 0 aliphatic carbocycles. The van der Waals surface area contributed by atoms with Gasteiger partial charge in [-0.05, 0) is 54.8 Å². The van der Waals surface area contributed by atoms with E-state index in [1.54, 1.807) is 6.21 Å². The van der Waals surface area contributed by atoms with Gasteiger partial charge in [0.2, 0.25) is 0 Å². The Morgan fingerprint density at radius 2 is 1.62 bits per heavy atom. The Hall–Kier alpha value is -3.60. The molecule has 0 spiro atoms. The van der Waals surface area contributed by atoms with Crippen molar-refractivity contribution in [2.45, 2.75) is 20.5 Å². The van der Waals surface area contributed by atoms with E-state index in [0.29, 0.717) is 18.1 Å². The lowest BCUT2D eigenvalue weighted by Crippen LogP contribution is -2.24. The number of benzene rings is 3. The van der Waals surface area contributed by atoms with Gasteiger partial charge in [-0.3, -0.25) is 4.79 Å². The molecular weight excluding hydrogens is 364 g/mol. The van der Waals surface area contributed by atoms with Gasteiger partial charge in [-0.1, -0.05) is 48.5 Å². The first-order valence-electron chi connectivity index (χ1n) is 9.39. The maximum Gasteiger partial charge on any atom is 0.277 e. The molecular formula is C24H24N2O3. The molecule has 0 atom stereocenters. The zero-order chi connectivity index (χ0) is 20.5. The molecule has 0 heterocycles. The summed E-state index contributed by atoms with van der Waals surface area (Å²) in [6, 6.07) is 23.3. The number of rotatable bonds is 8. The highest BCUT2D eigenvalue weighted by Gasteiger charge is 2.04. The van der Waals surface area contributed by atoms with Gasteiger partial charge in [-0.2, -0.15) is 5.10 Å². The van der Waals surface area contributed by atoms with Gasteiger partial charge < -0.3 is 9.47 Å². The number of hydrogen-bond acceptors (Lipinski definition) is 4. The number of carbonyl (C=O) groups is 1. The van der Waals surface area contributed by atoms with Crippen molar-refractivity contribution < 1.29 is 14.3 Å². The van der Waals surface area contributed by atoms with Crippen molar-refractivity contribution in [2.75, 3.05) is 6.61 Å². The van der Waals surface area contributed by atoms with Crippen molar-refractivity contribution in [1.29, 1.82) is 0 Å². The molecule has 0 radical (unpaired) electrons. The van der Waals surface area contributed by atoms with Crippen LogP contribution in [-0.4, -0.2) is 18.7 Å². The Kier molecular flexibility index (Phi) is 7.00. The van der Waals surface area contributed by atoms with Crippen LogP contribution in [0.1, 0.15) is 22.3 Å². The van der Waals surface area contributed by atoms with Crippen LogP contribution in [0.15, 0.2) is 77.9 Å². The van der Waals surface area contributed by atoms with E-state index in [-0.39, 0.29) is 12.5 Å². The molecule has 5 heteroatoms. The summed E-state index contributed by atoms with van der Waals surface area (Å²) in [5, 5.41) is 4.02. The van der Waals surface area contributed by atoms with Crippen LogP contribution in [0.2, 0.25) is 0 Å². The summed E-state index contributed by atoms with van der Waals surface area (Å²) in [5.41, 5.74) is 6.52. The lowest BCUT2D eigenvalue weighted by Gasteiger charge is -2.09. The van der Waals surface area contributed by atoms with E-state index in [1.165, 1.54) is 0 Å². The van der Waals surface area contributed by atoms with Gasteiger partial charge in [-0.25, -0.2) is 5.43 Å². The summed E-state index contributed by atoms with van der Waals surface area (Å²) in [5.74, 6) is 1.03. The first-order chi connectivity index (χ1) is 14.1. The predicted molar refractivity (Wildman–Crippen MR) is 114 cm³/mol. The van der Waals surface area contributed by atoms with Crippen molar-refractivity contribution in [1.82, 2.24) is 5.43 Å². The molecule has 1 amide bonds. The monoisotopic (exact) mass is 388 g/mol. The van der Waals surface area contributed by atoms with Crippen LogP contribution in [0.4, 0.5) is 0 Å². The molecule has 1 N–H and O–H groups in total. The molecule has 148 valence electrons. The van der Waals surface area contributed by atoms with E-state index >= 15 is 0 Å². The number of hydrazone groups is 1. The molecule has 0 saturated heterocycles. The smallest absolute Gasteiger partial charge is 0.277 e. The van der Waals surface area contributed by atoms with Crippen LogP contribution in [0.25, 0.3) is 0 Å². The molecule has 0 aliphatic rings. The van der Waals surface area contributed by atoms with Crippen molar-refractivity contribution >= 4 is 12.1 Å². The molecule has 5 nitrogen and oxygen atoms in total. The summed E-state index contributed by atoms with van der Waals surface area (Å²) in [4.78, 5) is 12.0. The number of amides is 1. The topological polar surface area (TPSA) is 59.9 Å². The van der Waals surface area contributed by atoms with Gasteiger partial charge in [0.05, 0.1) is 6.21 Å². The van der Waals surface area contributed by atoms with E-state index < -0.39 is 0 Å². The Bertz CT molecular complexity index is 964. The quantitative estimate of drug-likeness (QED) is 0.459. The summed E-state index contributed by atoms with van der Waals surface area (Å²) in [7, 11) is 0. The normalized spacial score (nSPS) is 10.7. The third-order valence-electron chi connectivity index (χ3n) is 4.11. The number of carbonyl (C=O) groups excluding carboxylic acids is 1. The first kappa shape index (κ1) is 20.1. The van der Waals surface area contributed by atoms with E-state index in [9.17, 15) is 4.79 Å². The number of nitrogens with zero attached hydrogens (tertiary/aromatic N) is 1. The highest BCUT2D eigenvalue weighted by Crippen LogP contribution is 2.18. The molecule has 3 aromatic carbocycles. The van der Waals surface area contributed by atoms with Gasteiger partial charge in [0.1, 0.15) is 18.1 Å². The number of ether oxygens (including phenoxy) is 2. The Morgan fingerprint density at radius 3 is 2.38 bits per heavy atom. The fourth-order valence-electron chi connectivity index (χ4n) is 2.83. The van der Waals surface area contributed by atoms with Gasteiger partial charge in [0.15, 0.2) is 6.61 Å². The van der Waals surface area contributed by atoms with Crippen LogP contribution >= 0.6 is 0 Å². The third kappa shape index (κ3) is 6.50. The minimum atomic E-state index is -0.330. The minimum absolute atomic E-state index is 0.105.